The number of nitrogens with one attached hydrogen (secondary N) is 2. The molecule has 0 aliphatic carbocycles. The molecule has 5 nitrogen and oxygen atoms in total. The van der Waals surface area contributed by atoms with Crippen LogP contribution < -0.4 is 10.1 Å². The van der Waals surface area contributed by atoms with Gasteiger partial charge < -0.3 is 20.1 Å². The maximum Gasteiger partial charge on any atom is 0.416 e. The number of rotatable bonds is 7. The fourth-order valence-corrected chi connectivity index (χ4v) is 2.84. The normalized spacial score (nSPS) is 12.7. The molecule has 0 aliphatic heterocycles. The van der Waals surface area contributed by atoms with Crippen LogP contribution in [0.3, 0.4) is 0 Å². The first-order valence-corrected chi connectivity index (χ1v) is 9.17. The second kappa shape index (κ2) is 8.57. The Morgan fingerprint density at radius 3 is 2.59 bits per heavy atom. The lowest BCUT2D eigenvalue weighted by atomic mass is 10.1. The molecule has 0 saturated carbocycles. The summed E-state index contributed by atoms with van der Waals surface area (Å²) in [6, 6.07) is 10.3. The number of aliphatic hydroxyl groups excluding tert-OH is 1. The molecule has 3 rings (SSSR count). The van der Waals surface area contributed by atoms with Gasteiger partial charge in [0.25, 0.3) is 5.91 Å². The van der Waals surface area contributed by atoms with Gasteiger partial charge in [0.2, 0.25) is 0 Å². The number of hydrogen-bond acceptors (Lipinski definition) is 3. The average Bonchev–Trinajstić information content (AvgIpc) is 3.09. The lowest BCUT2D eigenvalue weighted by Crippen LogP contribution is -2.26. The number of alkyl halides is 3. The Hall–Kier alpha value is -3.00. The molecule has 0 saturated heterocycles. The molecule has 1 unspecified atom stereocenters. The van der Waals surface area contributed by atoms with Gasteiger partial charge in [-0.3, -0.25) is 4.79 Å². The minimum absolute atomic E-state index is 0.289. The van der Waals surface area contributed by atoms with Gasteiger partial charge in [0.1, 0.15) is 11.9 Å². The second-order valence-corrected chi connectivity index (χ2v) is 6.62. The molecule has 3 N–H and O–H groups in total. The minimum atomic E-state index is -4.35. The number of H-pyrrole nitrogens is 1. The molecule has 0 fully saturated rings. The van der Waals surface area contributed by atoms with Gasteiger partial charge in [0.05, 0.1) is 17.9 Å². The standard InChI is InChI=1S/C21H21F3N2O3/c1-2-19(27)20(28)26-18-12-25-17-8-7-15(11-16(17)18)29-10-9-13-3-5-14(6-4-13)21(22,23)24/h3-8,11-12,19,25,27H,2,9-10H2,1H3,(H,26,28). The summed E-state index contributed by atoms with van der Waals surface area (Å²) in [6.45, 7) is 2.00. The number of aromatic amines is 1. The van der Waals surface area contributed by atoms with Crippen molar-refractivity contribution >= 4 is 22.5 Å². The van der Waals surface area contributed by atoms with E-state index in [2.05, 4.69) is 10.3 Å². The fourth-order valence-electron chi connectivity index (χ4n) is 2.84. The van der Waals surface area contributed by atoms with Crippen LogP contribution in [0.15, 0.2) is 48.7 Å². The van der Waals surface area contributed by atoms with Crippen molar-refractivity contribution in [1.29, 1.82) is 0 Å². The number of fused-ring (bicyclic) bond motifs is 1. The van der Waals surface area contributed by atoms with Crippen LogP contribution in [-0.2, 0) is 17.4 Å². The van der Waals surface area contributed by atoms with Gasteiger partial charge in [0, 0.05) is 23.5 Å². The van der Waals surface area contributed by atoms with Crippen molar-refractivity contribution in [2.75, 3.05) is 11.9 Å². The lowest BCUT2D eigenvalue weighted by Gasteiger charge is -2.10. The summed E-state index contributed by atoms with van der Waals surface area (Å²) >= 11 is 0. The first-order valence-electron chi connectivity index (χ1n) is 9.17. The highest BCUT2D eigenvalue weighted by Crippen LogP contribution is 2.30. The molecule has 29 heavy (non-hydrogen) atoms. The summed E-state index contributed by atoms with van der Waals surface area (Å²) in [5.41, 5.74) is 1.39. The SMILES string of the molecule is CCC(O)C(=O)Nc1c[nH]c2ccc(OCCc3ccc(C(F)(F)F)cc3)cc12. The maximum atomic E-state index is 12.6. The third-order valence-corrected chi connectivity index (χ3v) is 4.54. The quantitative estimate of drug-likeness (QED) is 0.540. The van der Waals surface area contributed by atoms with Gasteiger partial charge in [-0.25, -0.2) is 0 Å². The lowest BCUT2D eigenvalue weighted by molar-refractivity contribution is -0.137. The molecular weight excluding hydrogens is 385 g/mol. The van der Waals surface area contributed by atoms with Gasteiger partial charge in [-0.2, -0.15) is 13.2 Å². The number of anilines is 1. The highest BCUT2D eigenvalue weighted by Gasteiger charge is 2.29. The number of ether oxygens (including phenoxy) is 1. The molecule has 0 radical (unpaired) electrons. The number of carbonyl (C=O) groups excluding carboxylic acids is 1. The highest BCUT2D eigenvalue weighted by molar-refractivity contribution is 6.03. The van der Waals surface area contributed by atoms with Crippen molar-refractivity contribution in [2.24, 2.45) is 0 Å². The predicted octanol–water partition coefficient (Wildman–Crippen LogP) is 4.52. The monoisotopic (exact) mass is 406 g/mol. The molecular formula is C21H21F3N2O3. The Labute approximate surface area is 165 Å². The molecule has 0 bridgehead atoms. The Balaban J connectivity index is 1.63. The summed E-state index contributed by atoms with van der Waals surface area (Å²) in [6.07, 6.45) is -3.02. The third-order valence-electron chi connectivity index (χ3n) is 4.54. The molecule has 1 atom stereocenters. The first kappa shape index (κ1) is 20.7. The molecule has 2 aromatic carbocycles. The van der Waals surface area contributed by atoms with E-state index in [0.29, 0.717) is 24.3 Å². The first-order chi connectivity index (χ1) is 13.8. The Morgan fingerprint density at radius 2 is 1.93 bits per heavy atom. The van der Waals surface area contributed by atoms with E-state index in [9.17, 15) is 23.1 Å². The highest BCUT2D eigenvalue weighted by atomic mass is 19.4. The van der Waals surface area contributed by atoms with E-state index in [-0.39, 0.29) is 6.61 Å². The van der Waals surface area contributed by atoms with Crippen molar-refractivity contribution in [3.05, 3.63) is 59.8 Å². The van der Waals surface area contributed by atoms with Crippen LogP contribution in [0.2, 0.25) is 0 Å². The second-order valence-electron chi connectivity index (χ2n) is 6.62. The number of benzene rings is 2. The van der Waals surface area contributed by atoms with Crippen LogP contribution in [0.25, 0.3) is 10.9 Å². The van der Waals surface area contributed by atoms with Crippen LogP contribution in [-0.4, -0.2) is 28.7 Å². The largest absolute Gasteiger partial charge is 0.493 e. The maximum absolute atomic E-state index is 12.6. The van der Waals surface area contributed by atoms with Crippen molar-refractivity contribution in [1.82, 2.24) is 4.98 Å². The van der Waals surface area contributed by atoms with Crippen molar-refractivity contribution in [3.8, 4) is 5.75 Å². The number of carbonyl (C=O) groups is 1. The van der Waals surface area contributed by atoms with E-state index in [4.69, 9.17) is 4.74 Å². The van der Waals surface area contributed by atoms with Crippen molar-refractivity contribution in [2.45, 2.75) is 32.0 Å². The van der Waals surface area contributed by atoms with Crippen LogP contribution >= 0.6 is 0 Å². The summed E-state index contributed by atoms with van der Waals surface area (Å²) in [5.74, 6) is 0.0811. The smallest absolute Gasteiger partial charge is 0.416 e. The minimum Gasteiger partial charge on any atom is -0.493 e. The number of aromatic nitrogens is 1. The summed E-state index contributed by atoms with van der Waals surface area (Å²) < 4.78 is 43.5. The van der Waals surface area contributed by atoms with Gasteiger partial charge in [0.15, 0.2) is 0 Å². The van der Waals surface area contributed by atoms with Crippen LogP contribution in [0.4, 0.5) is 18.9 Å². The molecule has 0 aliphatic rings. The summed E-state index contributed by atoms with van der Waals surface area (Å²) in [5, 5.41) is 13.0. The summed E-state index contributed by atoms with van der Waals surface area (Å²) in [7, 11) is 0. The van der Waals surface area contributed by atoms with Gasteiger partial charge in [-0.1, -0.05) is 19.1 Å². The molecule has 1 heterocycles. The van der Waals surface area contributed by atoms with Crippen LogP contribution in [0.1, 0.15) is 24.5 Å². The number of aliphatic hydroxyl groups is 1. The Bertz CT molecular complexity index is 981. The molecule has 0 spiro atoms. The van der Waals surface area contributed by atoms with E-state index < -0.39 is 23.8 Å². The van der Waals surface area contributed by atoms with Gasteiger partial charge in [-0.05, 0) is 42.3 Å². The molecule has 154 valence electrons. The number of hydrogen-bond donors (Lipinski definition) is 3. The zero-order chi connectivity index (χ0) is 21.0. The topological polar surface area (TPSA) is 74.4 Å². The van der Waals surface area contributed by atoms with E-state index in [1.54, 1.807) is 31.3 Å². The van der Waals surface area contributed by atoms with Gasteiger partial charge >= 0.3 is 6.18 Å². The molecule has 8 heteroatoms. The van der Waals surface area contributed by atoms with Crippen LogP contribution in [0.5, 0.6) is 5.75 Å². The molecule has 3 aromatic rings. The summed E-state index contributed by atoms with van der Waals surface area (Å²) in [4.78, 5) is 14.9. The van der Waals surface area contributed by atoms with E-state index in [1.165, 1.54) is 12.1 Å². The Kier molecular flexibility index (Phi) is 6.12. The molecule has 1 amide bonds. The fraction of sp³-hybridized carbons (Fsp3) is 0.286. The zero-order valence-corrected chi connectivity index (χ0v) is 15.7. The van der Waals surface area contributed by atoms with Crippen LogP contribution in [0, 0.1) is 0 Å². The van der Waals surface area contributed by atoms with E-state index >= 15 is 0 Å². The average molecular weight is 406 g/mol. The number of amides is 1. The van der Waals surface area contributed by atoms with E-state index in [1.807, 2.05) is 0 Å². The molecule has 1 aromatic heterocycles. The van der Waals surface area contributed by atoms with E-state index in [0.717, 1.165) is 28.6 Å². The van der Waals surface area contributed by atoms with Crippen molar-refractivity contribution in [3.63, 3.8) is 0 Å². The predicted molar refractivity (Wildman–Crippen MR) is 104 cm³/mol. The third kappa shape index (κ3) is 5.08. The van der Waals surface area contributed by atoms with Gasteiger partial charge in [-0.15, -0.1) is 0 Å². The zero-order valence-electron chi connectivity index (χ0n) is 15.7. The number of halogens is 3. The van der Waals surface area contributed by atoms with Crippen molar-refractivity contribution < 1.29 is 27.8 Å². The Morgan fingerprint density at radius 1 is 1.21 bits per heavy atom.